The molecular formula is C24H21ClN2O2. The van der Waals surface area contributed by atoms with Crippen molar-refractivity contribution in [1.29, 1.82) is 0 Å². The third-order valence-electron chi connectivity index (χ3n) is 5.67. The van der Waals surface area contributed by atoms with Gasteiger partial charge in [0.15, 0.2) is 0 Å². The summed E-state index contributed by atoms with van der Waals surface area (Å²) in [5, 5.41) is 11.2. The van der Waals surface area contributed by atoms with E-state index in [1.54, 1.807) is 12.3 Å². The van der Waals surface area contributed by atoms with Gasteiger partial charge in [0.25, 0.3) is 0 Å². The van der Waals surface area contributed by atoms with Crippen molar-refractivity contribution in [3.8, 4) is 11.3 Å². The van der Waals surface area contributed by atoms with E-state index in [4.69, 9.17) is 11.6 Å². The molecule has 1 N–H and O–H groups in total. The molecule has 0 aliphatic heterocycles. The molecule has 4 aromatic rings. The second-order valence-electron chi connectivity index (χ2n) is 7.29. The molecule has 0 radical (unpaired) electrons. The lowest BCUT2D eigenvalue weighted by atomic mass is 9.98. The van der Waals surface area contributed by atoms with Gasteiger partial charge in [0.2, 0.25) is 0 Å². The molecule has 2 heterocycles. The van der Waals surface area contributed by atoms with Gasteiger partial charge in [-0.15, -0.1) is 0 Å². The maximum absolute atomic E-state index is 11.5. The first kappa shape index (κ1) is 19.2. The number of halogens is 1. The highest BCUT2D eigenvalue weighted by molar-refractivity contribution is 6.31. The monoisotopic (exact) mass is 404 g/mol. The summed E-state index contributed by atoms with van der Waals surface area (Å²) in [5.74, 6) is -0.898. The summed E-state index contributed by atoms with van der Waals surface area (Å²) in [7, 11) is 0. The van der Waals surface area contributed by atoms with Crippen molar-refractivity contribution in [1.82, 2.24) is 9.55 Å². The van der Waals surface area contributed by atoms with Crippen LogP contribution in [0.5, 0.6) is 0 Å². The Bertz CT molecular complexity index is 1240. The second kappa shape index (κ2) is 7.37. The number of carbonyl (C=O) groups is 1. The summed E-state index contributed by atoms with van der Waals surface area (Å²) >= 11 is 6.27. The van der Waals surface area contributed by atoms with Crippen molar-refractivity contribution in [2.45, 2.75) is 27.3 Å². The molecule has 0 atom stereocenters. The van der Waals surface area contributed by atoms with Gasteiger partial charge in [-0.2, -0.15) is 0 Å². The number of pyridine rings is 1. The topological polar surface area (TPSA) is 55.1 Å². The van der Waals surface area contributed by atoms with Gasteiger partial charge in [-0.25, -0.2) is 4.79 Å². The Balaban J connectivity index is 1.94. The lowest BCUT2D eigenvalue weighted by Gasteiger charge is -2.16. The van der Waals surface area contributed by atoms with E-state index in [0.29, 0.717) is 17.1 Å². The lowest BCUT2D eigenvalue weighted by molar-refractivity contribution is 0.0696. The van der Waals surface area contributed by atoms with Gasteiger partial charge in [-0.1, -0.05) is 17.7 Å². The molecule has 146 valence electrons. The second-order valence-corrected chi connectivity index (χ2v) is 7.73. The smallest absolute Gasteiger partial charge is 0.335 e. The van der Waals surface area contributed by atoms with E-state index < -0.39 is 5.97 Å². The molecule has 0 aliphatic carbocycles. The van der Waals surface area contributed by atoms with Crippen molar-refractivity contribution in [2.75, 3.05) is 0 Å². The SMILES string of the molecule is Cc1c(Cn2c(-c3cccnc3)c(C)c3cc(Cl)ccc32)ccc(C(=O)O)c1C. The Morgan fingerprint density at radius 3 is 2.55 bits per heavy atom. The summed E-state index contributed by atoms with van der Waals surface area (Å²) < 4.78 is 2.26. The Hall–Kier alpha value is -3.11. The van der Waals surface area contributed by atoms with Crippen LogP contribution >= 0.6 is 11.6 Å². The van der Waals surface area contributed by atoms with Crippen molar-refractivity contribution in [3.63, 3.8) is 0 Å². The summed E-state index contributed by atoms with van der Waals surface area (Å²) in [5.41, 5.74) is 7.59. The van der Waals surface area contributed by atoms with Crippen molar-refractivity contribution >= 4 is 28.5 Å². The Labute approximate surface area is 174 Å². The minimum atomic E-state index is -0.898. The molecule has 0 bridgehead atoms. The predicted molar refractivity (Wildman–Crippen MR) is 117 cm³/mol. The molecule has 5 heteroatoms. The average Bonchev–Trinajstić information content (AvgIpc) is 2.97. The molecule has 0 fully saturated rings. The number of carboxylic acid groups (broad SMARTS) is 1. The van der Waals surface area contributed by atoms with E-state index >= 15 is 0 Å². The van der Waals surface area contributed by atoms with E-state index in [-0.39, 0.29) is 0 Å². The summed E-state index contributed by atoms with van der Waals surface area (Å²) in [4.78, 5) is 15.8. The first-order chi connectivity index (χ1) is 13.9. The molecule has 0 saturated carbocycles. The highest BCUT2D eigenvalue weighted by atomic mass is 35.5. The zero-order valence-corrected chi connectivity index (χ0v) is 17.3. The summed E-state index contributed by atoms with van der Waals surface area (Å²) in [6.07, 6.45) is 3.63. The Morgan fingerprint density at radius 1 is 1.07 bits per heavy atom. The molecule has 29 heavy (non-hydrogen) atoms. The molecule has 0 saturated heterocycles. The maximum Gasteiger partial charge on any atom is 0.335 e. The highest BCUT2D eigenvalue weighted by Gasteiger charge is 2.18. The van der Waals surface area contributed by atoms with Crippen molar-refractivity contribution in [3.05, 3.63) is 87.7 Å². The summed E-state index contributed by atoms with van der Waals surface area (Å²) in [6.45, 7) is 6.57. The van der Waals surface area contributed by atoms with Crippen LogP contribution in [-0.4, -0.2) is 20.6 Å². The first-order valence-electron chi connectivity index (χ1n) is 9.39. The molecule has 2 aromatic carbocycles. The van der Waals surface area contributed by atoms with Crippen LogP contribution in [0.15, 0.2) is 54.9 Å². The molecule has 2 aromatic heterocycles. The Kier molecular flexibility index (Phi) is 4.89. The Morgan fingerprint density at radius 2 is 1.86 bits per heavy atom. The van der Waals surface area contributed by atoms with E-state index in [9.17, 15) is 9.90 Å². The van der Waals surface area contributed by atoms with Crippen LogP contribution in [-0.2, 0) is 6.54 Å². The van der Waals surface area contributed by atoms with E-state index in [0.717, 1.165) is 44.4 Å². The fourth-order valence-electron chi connectivity index (χ4n) is 3.98. The van der Waals surface area contributed by atoms with Crippen LogP contribution in [0.1, 0.15) is 32.6 Å². The maximum atomic E-state index is 11.5. The van der Waals surface area contributed by atoms with E-state index in [1.807, 2.05) is 50.4 Å². The third kappa shape index (κ3) is 3.30. The number of hydrogen-bond acceptors (Lipinski definition) is 2. The van der Waals surface area contributed by atoms with Gasteiger partial charge in [-0.05, 0) is 79.4 Å². The van der Waals surface area contributed by atoms with Crippen molar-refractivity contribution < 1.29 is 9.90 Å². The fourth-order valence-corrected chi connectivity index (χ4v) is 4.16. The number of aromatic nitrogens is 2. The minimum Gasteiger partial charge on any atom is -0.478 e. The zero-order valence-electron chi connectivity index (χ0n) is 16.5. The van der Waals surface area contributed by atoms with Crippen LogP contribution in [0.3, 0.4) is 0 Å². The van der Waals surface area contributed by atoms with Crippen LogP contribution in [0.2, 0.25) is 5.02 Å². The number of carboxylic acids is 1. The number of fused-ring (bicyclic) bond motifs is 1. The molecule has 0 spiro atoms. The molecule has 4 rings (SSSR count). The number of rotatable bonds is 4. The molecule has 0 unspecified atom stereocenters. The molecular weight excluding hydrogens is 384 g/mol. The number of benzene rings is 2. The van der Waals surface area contributed by atoms with Crippen LogP contribution in [0, 0.1) is 20.8 Å². The fraction of sp³-hybridized carbons (Fsp3) is 0.167. The van der Waals surface area contributed by atoms with Gasteiger partial charge >= 0.3 is 5.97 Å². The molecule has 0 aliphatic rings. The van der Waals surface area contributed by atoms with Gasteiger partial charge in [0.05, 0.1) is 11.3 Å². The van der Waals surface area contributed by atoms with Crippen LogP contribution in [0.25, 0.3) is 22.2 Å². The number of hydrogen-bond donors (Lipinski definition) is 1. The van der Waals surface area contributed by atoms with Gasteiger partial charge in [-0.3, -0.25) is 4.98 Å². The number of nitrogens with zero attached hydrogens (tertiary/aromatic N) is 2. The average molecular weight is 405 g/mol. The van der Waals surface area contributed by atoms with Gasteiger partial charge in [0.1, 0.15) is 0 Å². The number of aromatic carboxylic acids is 1. The minimum absolute atomic E-state index is 0.346. The van der Waals surface area contributed by atoms with Crippen LogP contribution < -0.4 is 0 Å². The normalized spacial score (nSPS) is 11.2. The largest absolute Gasteiger partial charge is 0.478 e. The third-order valence-corrected chi connectivity index (χ3v) is 5.91. The number of aryl methyl sites for hydroxylation is 1. The van der Waals surface area contributed by atoms with Gasteiger partial charge < -0.3 is 9.67 Å². The molecule has 4 nitrogen and oxygen atoms in total. The van der Waals surface area contributed by atoms with Gasteiger partial charge in [0, 0.05) is 40.4 Å². The molecule has 0 amide bonds. The van der Waals surface area contributed by atoms with Crippen molar-refractivity contribution in [2.24, 2.45) is 0 Å². The quantitative estimate of drug-likeness (QED) is 0.452. The standard InChI is InChI=1S/C24H21ClN2O2/c1-14-15(2)20(24(28)29)8-6-18(14)13-27-22-9-7-19(25)11-21(22)16(3)23(27)17-5-4-10-26-12-17/h4-12H,13H2,1-3H3,(H,28,29). The zero-order chi connectivity index (χ0) is 20.7. The first-order valence-corrected chi connectivity index (χ1v) is 9.77. The van der Waals surface area contributed by atoms with E-state index in [2.05, 4.69) is 22.5 Å². The van der Waals surface area contributed by atoms with E-state index in [1.165, 1.54) is 0 Å². The van der Waals surface area contributed by atoms with Crippen LogP contribution in [0.4, 0.5) is 0 Å². The summed E-state index contributed by atoms with van der Waals surface area (Å²) in [6, 6.07) is 13.5. The lowest BCUT2D eigenvalue weighted by Crippen LogP contribution is -2.08. The highest BCUT2D eigenvalue weighted by Crippen LogP contribution is 2.35. The predicted octanol–water partition coefficient (Wildman–Crippen LogP) is 6.03.